The second kappa shape index (κ2) is 13.0. The number of alkyl halides is 6. The van der Waals surface area contributed by atoms with Gasteiger partial charge in [0.15, 0.2) is 0 Å². The molecule has 0 aliphatic rings. The molecule has 0 atom stereocenters. The van der Waals surface area contributed by atoms with Crippen molar-refractivity contribution in [2.45, 2.75) is 19.2 Å². The molecule has 2 nitrogen and oxygen atoms in total. The molecule has 3 aromatic carbocycles. The molecular weight excluding hydrogens is 707 g/mol. The van der Waals surface area contributed by atoms with Gasteiger partial charge < -0.3 is 9.97 Å². The molecule has 9 heteroatoms. The van der Waals surface area contributed by atoms with Crippen LogP contribution in [0.25, 0.3) is 33.6 Å². The molecular formula is C31H20F6IrN2-2. The summed E-state index contributed by atoms with van der Waals surface area (Å²) in [7, 11) is 0. The van der Waals surface area contributed by atoms with E-state index in [0.29, 0.717) is 6.07 Å². The van der Waals surface area contributed by atoms with Crippen LogP contribution in [0.3, 0.4) is 0 Å². The van der Waals surface area contributed by atoms with Crippen LogP contribution in [0.5, 0.6) is 0 Å². The molecule has 5 aromatic rings. The molecule has 207 valence electrons. The summed E-state index contributed by atoms with van der Waals surface area (Å²) >= 11 is 0. The molecule has 0 aliphatic heterocycles. The molecule has 0 spiro atoms. The Bertz CT molecular complexity index is 1550. The topological polar surface area (TPSA) is 25.8 Å². The third-order valence-corrected chi connectivity index (χ3v) is 5.45. The molecule has 2 heterocycles. The number of aryl methyl sites for hydroxylation is 1. The zero-order chi connectivity index (χ0) is 30.5. The van der Waals surface area contributed by atoms with Crippen LogP contribution in [-0.2, 0) is 32.5 Å². The van der Waals surface area contributed by atoms with E-state index in [1.807, 2.05) is 60.8 Å². The van der Waals surface area contributed by atoms with Crippen LogP contribution in [0.4, 0.5) is 26.3 Å². The van der Waals surface area contributed by atoms with Crippen LogP contribution in [0, 0.1) is 19.0 Å². The van der Waals surface area contributed by atoms with Gasteiger partial charge in [0, 0.05) is 36.6 Å². The summed E-state index contributed by atoms with van der Waals surface area (Å²) < 4.78 is 98.5. The minimum absolute atomic E-state index is 0. The minimum Gasteiger partial charge on any atom is -0.304 e. The van der Waals surface area contributed by atoms with Crippen molar-refractivity contribution in [2.24, 2.45) is 0 Å². The Morgan fingerprint density at radius 1 is 0.700 bits per heavy atom. The van der Waals surface area contributed by atoms with Crippen LogP contribution in [0.1, 0.15) is 20.8 Å². The van der Waals surface area contributed by atoms with Crippen LogP contribution < -0.4 is 0 Å². The molecule has 1 radical (unpaired) electrons. The third kappa shape index (κ3) is 7.87. The number of hydrogen-bond acceptors (Lipinski definition) is 2. The first kappa shape index (κ1) is 26.4. The van der Waals surface area contributed by atoms with E-state index in [1.165, 1.54) is 5.56 Å². The van der Waals surface area contributed by atoms with E-state index < -0.39 is 35.9 Å². The van der Waals surface area contributed by atoms with Crippen molar-refractivity contribution >= 4 is 0 Å². The molecule has 0 bridgehead atoms. The average molecular weight is 730 g/mol. The van der Waals surface area contributed by atoms with Crippen molar-refractivity contribution in [2.75, 3.05) is 0 Å². The van der Waals surface area contributed by atoms with Crippen molar-refractivity contribution in [1.82, 2.24) is 9.97 Å². The van der Waals surface area contributed by atoms with Gasteiger partial charge >= 0.3 is 12.4 Å². The summed E-state index contributed by atoms with van der Waals surface area (Å²) in [5.41, 5.74) is 0.0452. The number of hydrogen-bond donors (Lipinski definition) is 0. The van der Waals surface area contributed by atoms with Crippen molar-refractivity contribution < 1.29 is 50.6 Å². The fourth-order valence-electron chi connectivity index (χ4n) is 3.55. The smallest absolute Gasteiger partial charge is 0.304 e. The quantitative estimate of drug-likeness (QED) is 0.137. The van der Waals surface area contributed by atoms with Crippen molar-refractivity contribution in [3.8, 4) is 33.6 Å². The predicted molar refractivity (Wildman–Crippen MR) is 137 cm³/mol. The Labute approximate surface area is 245 Å². The maximum absolute atomic E-state index is 13.1. The number of halogens is 6. The van der Waals surface area contributed by atoms with Crippen LogP contribution in [-0.4, -0.2) is 9.97 Å². The standard InChI is InChI=1S/C17H12N.C14H8F6N.Ir/c1-3-7-14(8-4-1)16-11-12-17(18-13-16)15-9-5-2-6-10-15;1-8-2-5-12(21-7-8)10-4-3-9(13(15,16)17)6-11(10)14(18,19)20;/h1-9,11-13H;2-3,5-7H,1H3;/q2*-1;/i;1D3;. The number of benzene rings is 3. The van der Waals surface area contributed by atoms with Crippen LogP contribution in [0.2, 0.25) is 0 Å². The molecule has 0 N–H and O–H groups in total. The Balaban J connectivity index is 0.000000238. The monoisotopic (exact) mass is 730 g/mol. The Morgan fingerprint density at radius 2 is 1.40 bits per heavy atom. The molecule has 0 fully saturated rings. The minimum atomic E-state index is -5.06. The van der Waals surface area contributed by atoms with Gasteiger partial charge in [-0.2, -0.15) is 26.3 Å². The summed E-state index contributed by atoms with van der Waals surface area (Å²) in [6.45, 7) is -2.50. The molecule has 5 rings (SSSR count). The summed E-state index contributed by atoms with van der Waals surface area (Å²) in [6, 6.07) is 29.8. The zero-order valence-electron chi connectivity index (χ0n) is 23.3. The number of rotatable bonds is 3. The summed E-state index contributed by atoms with van der Waals surface area (Å²) in [5, 5.41) is 0. The van der Waals surface area contributed by atoms with Gasteiger partial charge in [-0.25, -0.2) is 0 Å². The number of aromatic nitrogens is 2. The average Bonchev–Trinajstić information content (AvgIpc) is 2.97. The summed E-state index contributed by atoms with van der Waals surface area (Å²) in [5.74, 6) is 0. The van der Waals surface area contributed by atoms with E-state index in [9.17, 15) is 26.3 Å². The Kier molecular flexibility index (Phi) is 8.60. The fraction of sp³-hybridized carbons (Fsp3) is 0.0968. The zero-order valence-corrected chi connectivity index (χ0v) is 22.7. The maximum Gasteiger partial charge on any atom is 0.381 e. The number of pyridine rings is 2. The van der Waals surface area contributed by atoms with E-state index >= 15 is 0 Å². The fourth-order valence-corrected chi connectivity index (χ4v) is 3.55. The first-order chi connectivity index (χ1) is 19.7. The van der Waals surface area contributed by atoms with Gasteiger partial charge in [-0.05, 0) is 46.1 Å². The summed E-state index contributed by atoms with van der Waals surface area (Å²) in [4.78, 5) is 8.10. The molecule has 0 saturated heterocycles. The van der Waals surface area contributed by atoms with E-state index in [4.69, 9.17) is 4.11 Å². The van der Waals surface area contributed by atoms with E-state index in [0.717, 1.165) is 35.2 Å². The van der Waals surface area contributed by atoms with E-state index in [2.05, 4.69) is 34.2 Å². The van der Waals surface area contributed by atoms with Gasteiger partial charge in [-0.15, -0.1) is 59.7 Å². The first-order valence-corrected chi connectivity index (χ1v) is 11.4. The Morgan fingerprint density at radius 3 is 1.95 bits per heavy atom. The van der Waals surface area contributed by atoms with Gasteiger partial charge in [-0.1, -0.05) is 54.6 Å². The van der Waals surface area contributed by atoms with Gasteiger partial charge in [0.05, 0.1) is 0 Å². The van der Waals surface area contributed by atoms with E-state index in [-0.39, 0.29) is 37.4 Å². The van der Waals surface area contributed by atoms with Crippen LogP contribution in [0.15, 0.2) is 103 Å². The van der Waals surface area contributed by atoms with Crippen LogP contribution >= 0.6 is 0 Å². The molecule has 0 unspecified atom stereocenters. The summed E-state index contributed by atoms with van der Waals surface area (Å²) in [6.07, 6.45) is -7.25. The van der Waals surface area contributed by atoms with Gasteiger partial charge in [-0.3, -0.25) is 0 Å². The van der Waals surface area contributed by atoms with Gasteiger partial charge in [0.1, 0.15) is 0 Å². The van der Waals surface area contributed by atoms with Crippen molar-refractivity contribution in [3.63, 3.8) is 0 Å². The second-order valence-corrected chi connectivity index (χ2v) is 8.18. The predicted octanol–water partition coefficient (Wildman–Crippen LogP) is 9.11. The molecule has 2 aromatic heterocycles. The second-order valence-electron chi connectivity index (χ2n) is 8.18. The first-order valence-electron chi connectivity index (χ1n) is 12.9. The molecule has 0 amide bonds. The van der Waals surface area contributed by atoms with E-state index in [1.54, 1.807) is 0 Å². The normalized spacial score (nSPS) is 12.6. The SMILES string of the molecule is [2H]C([2H])([2H])c1ccc(-c2[c-]cc(C(F)(F)F)cc2C(F)(F)F)nc1.[Ir].[c-]1ccccc1-c1ccc(-c2ccccc2)cn1. The van der Waals surface area contributed by atoms with Gasteiger partial charge in [0.25, 0.3) is 0 Å². The molecule has 40 heavy (non-hydrogen) atoms. The maximum atomic E-state index is 13.1. The van der Waals surface area contributed by atoms with Crippen molar-refractivity contribution in [3.05, 3.63) is 132 Å². The molecule has 0 saturated carbocycles. The van der Waals surface area contributed by atoms with Gasteiger partial charge in [0.2, 0.25) is 0 Å². The Hall–Kier alpha value is -3.81. The number of nitrogens with zero attached hydrogens (tertiary/aromatic N) is 2. The van der Waals surface area contributed by atoms with Crippen molar-refractivity contribution in [1.29, 1.82) is 0 Å². The largest absolute Gasteiger partial charge is 0.381 e. The third-order valence-electron chi connectivity index (χ3n) is 5.45. The molecule has 0 aliphatic carbocycles.